The van der Waals surface area contributed by atoms with E-state index in [2.05, 4.69) is 28.4 Å². The second-order valence-electron chi connectivity index (χ2n) is 5.01. The fourth-order valence-electron chi connectivity index (χ4n) is 2.63. The van der Waals surface area contributed by atoms with Crippen LogP contribution in [0.4, 0.5) is 0 Å². The largest absolute Gasteiger partial charge is 0.497 e. The van der Waals surface area contributed by atoms with E-state index < -0.39 is 0 Å². The molecule has 3 heteroatoms. The number of piperazine rings is 1. The molecule has 0 bridgehead atoms. The Morgan fingerprint density at radius 1 is 1.35 bits per heavy atom. The third-order valence-electron chi connectivity index (χ3n) is 3.77. The Labute approximate surface area is 103 Å². The standard InChI is InChI=1S/C14H20N2O/c1-17-13-4-2-3-11(9-13)14-10-16(8-7-15-14)12-5-6-12/h2-4,9,12,14-15H,5-8,10H2,1H3/t14-/m1/s1. The van der Waals surface area contributed by atoms with Gasteiger partial charge in [-0.1, -0.05) is 12.1 Å². The highest BCUT2D eigenvalue weighted by molar-refractivity contribution is 5.31. The van der Waals surface area contributed by atoms with E-state index >= 15 is 0 Å². The van der Waals surface area contributed by atoms with Crippen molar-refractivity contribution in [2.24, 2.45) is 0 Å². The van der Waals surface area contributed by atoms with Gasteiger partial charge in [0.25, 0.3) is 0 Å². The maximum absolute atomic E-state index is 5.29. The molecule has 1 saturated carbocycles. The van der Waals surface area contributed by atoms with E-state index in [-0.39, 0.29) is 0 Å². The molecule has 0 radical (unpaired) electrons. The zero-order valence-electron chi connectivity index (χ0n) is 10.4. The molecule has 1 aromatic rings. The minimum Gasteiger partial charge on any atom is -0.497 e. The average Bonchev–Trinajstić information content (AvgIpc) is 3.23. The summed E-state index contributed by atoms with van der Waals surface area (Å²) in [6, 6.07) is 9.74. The van der Waals surface area contributed by atoms with Crippen LogP contribution in [0.15, 0.2) is 24.3 Å². The molecule has 17 heavy (non-hydrogen) atoms. The van der Waals surface area contributed by atoms with Crippen molar-refractivity contribution in [2.45, 2.75) is 24.9 Å². The Morgan fingerprint density at radius 2 is 2.24 bits per heavy atom. The van der Waals surface area contributed by atoms with Crippen molar-refractivity contribution in [3.8, 4) is 5.75 Å². The van der Waals surface area contributed by atoms with Gasteiger partial charge in [0.05, 0.1) is 7.11 Å². The summed E-state index contributed by atoms with van der Waals surface area (Å²) in [6.45, 7) is 3.43. The fraction of sp³-hybridized carbons (Fsp3) is 0.571. The maximum atomic E-state index is 5.29. The lowest BCUT2D eigenvalue weighted by atomic mass is 10.0. The summed E-state index contributed by atoms with van der Waals surface area (Å²) in [7, 11) is 1.73. The number of methoxy groups -OCH3 is 1. The van der Waals surface area contributed by atoms with E-state index in [1.165, 1.54) is 24.9 Å². The zero-order valence-corrected chi connectivity index (χ0v) is 10.4. The molecule has 92 valence electrons. The second-order valence-corrected chi connectivity index (χ2v) is 5.01. The third-order valence-corrected chi connectivity index (χ3v) is 3.77. The molecule has 1 heterocycles. The van der Waals surface area contributed by atoms with Gasteiger partial charge in [-0.05, 0) is 30.5 Å². The molecular weight excluding hydrogens is 212 g/mol. The molecule has 3 rings (SSSR count). The summed E-state index contributed by atoms with van der Waals surface area (Å²) in [4.78, 5) is 2.63. The van der Waals surface area contributed by atoms with Crippen molar-refractivity contribution < 1.29 is 4.74 Å². The summed E-state index contributed by atoms with van der Waals surface area (Å²) in [5.74, 6) is 0.952. The monoisotopic (exact) mass is 232 g/mol. The molecular formula is C14H20N2O. The summed E-state index contributed by atoms with van der Waals surface area (Å²) in [6.07, 6.45) is 2.79. The van der Waals surface area contributed by atoms with Gasteiger partial charge >= 0.3 is 0 Å². The number of benzene rings is 1. The fourth-order valence-corrected chi connectivity index (χ4v) is 2.63. The highest BCUT2D eigenvalue weighted by Gasteiger charge is 2.32. The molecule has 1 aliphatic heterocycles. The van der Waals surface area contributed by atoms with Crippen molar-refractivity contribution in [3.63, 3.8) is 0 Å². The Kier molecular flexibility index (Phi) is 3.04. The highest BCUT2D eigenvalue weighted by Crippen LogP contribution is 2.30. The van der Waals surface area contributed by atoms with Crippen LogP contribution < -0.4 is 10.1 Å². The number of rotatable bonds is 3. The predicted octanol–water partition coefficient (Wildman–Crippen LogP) is 1.80. The first-order chi connectivity index (χ1) is 8.36. The van der Waals surface area contributed by atoms with Crippen LogP contribution in [-0.2, 0) is 0 Å². The smallest absolute Gasteiger partial charge is 0.119 e. The van der Waals surface area contributed by atoms with Crippen LogP contribution in [0.1, 0.15) is 24.4 Å². The van der Waals surface area contributed by atoms with Gasteiger partial charge in [-0.15, -0.1) is 0 Å². The average molecular weight is 232 g/mol. The topological polar surface area (TPSA) is 24.5 Å². The van der Waals surface area contributed by atoms with E-state index in [9.17, 15) is 0 Å². The molecule has 0 amide bonds. The van der Waals surface area contributed by atoms with E-state index in [0.717, 1.165) is 24.9 Å². The van der Waals surface area contributed by atoms with E-state index in [0.29, 0.717) is 6.04 Å². The second kappa shape index (κ2) is 4.67. The minimum absolute atomic E-state index is 0.458. The Morgan fingerprint density at radius 3 is 3.00 bits per heavy atom. The van der Waals surface area contributed by atoms with Gasteiger partial charge in [0.1, 0.15) is 5.75 Å². The van der Waals surface area contributed by atoms with Gasteiger partial charge < -0.3 is 10.1 Å². The first-order valence-electron chi connectivity index (χ1n) is 6.48. The zero-order chi connectivity index (χ0) is 11.7. The van der Waals surface area contributed by atoms with Gasteiger partial charge in [0, 0.05) is 31.7 Å². The molecule has 1 aliphatic carbocycles. The quantitative estimate of drug-likeness (QED) is 0.860. The molecule has 2 fully saturated rings. The molecule has 1 saturated heterocycles. The maximum Gasteiger partial charge on any atom is 0.119 e. The van der Waals surface area contributed by atoms with E-state index in [1.54, 1.807) is 7.11 Å². The summed E-state index contributed by atoms with van der Waals surface area (Å²) < 4.78 is 5.29. The summed E-state index contributed by atoms with van der Waals surface area (Å²) in [5, 5.41) is 3.60. The van der Waals surface area contributed by atoms with E-state index in [4.69, 9.17) is 4.74 Å². The Balaban J connectivity index is 1.73. The van der Waals surface area contributed by atoms with Crippen LogP contribution in [0, 0.1) is 0 Å². The third kappa shape index (κ3) is 2.45. The van der Waals surface area contributed by atoms with Gasteiger partial charge in [-0.25, -0.2) is 0 Å². The van der Waals surface area contributed by atoms with Gasteiger partial charge in [-0.3, -0.25) is 4.90 Å². The molecule has 1 N–H and O–H groups in total. The molecule has 1 aromatic carbocycles. The lowest BCUT2D eigenvalue weighted by molar-refractivity contribution is 0.192. The number of nitrogens with zero attached hydrogens (tertiary/aromatic N) is 1. The van der Waals surface area contributed by atoms with Crippen LogP contribution in [0.25, 0.3) is 0 Å². The Bertz CT molecular complexity index is 390. The molecule has 1 atom stereocenters. The number of hydrogen-bond donors (Lipinski definition) is 1. The predicted molar refractivity (Wildman–Crippen MR) is 68.3 cm³/mol. The van der Waals surface area contributed by atoms with E-state index in [1.807, 2.05) is 6.07 Å². The normalized spacial score (nSPS) is 25.8. The minimum atomic E-state index is 0.458. The molecule has 0 unspecified atom stereocenters. The molecule has 0 spiro atoms. The van der Waals surface area contributed by atoms with Crippen LogP contribution in [0.5, 0.6) is 5.75 Å². The van der Waals surface area contributed by atoms with Crippen LogP contribution in [0.2, 0.25) is 0 Å². The van der Waals surface area contributed by atoms with Crippen molar-refractivity contribution in [1.82, 2.24) is 10.2 Å². The number of nitrogens with one attached hydrogen (secondary N) is 1. The van der Waals surface area contributed by atoms with Crippen molar-refractivity contribution in [2.75, 3.05) is 26.7 Å². The van der Waals surface area contributed by atoms with Gasteiger partial charge in [0.15, 0.2) is 0 Å². The van der Waals surface area contributed by atoms with Crippen LogP contribution in [0.3, 0.4) is 0 Å². The number of hydrogen-bond acceptors (Lipinski definition) is 3. The SMILES string of the molecule is COc1cccc([C@H]2CN(C3CC3)CCN2)c1. The summed E-state index contributed by atoms with van der Waals surface area (Å²) >= 11 is 0. The highest BCUT2D eigenvalue weighted by atomic mass is 16.5. The van der Waals surface area contributed by atoms with Gasteiger partial charge in [-0.2, -0.15) is 0 Å². The lowest BCUT2D eigenvalue weighted by Gasteiger charge is -2.34. The number of ether oxygens (including phenoxy) is 1. The van der Waals surface area contributed by atoms with Crippen molar-refractivity contribution >= 4 is 0 Å². The van der Waals surface area contributed by atoms with Gasteiger partial charge in [0.2, 0.25) is 0 Å². The van der Waals surface area contributed by atoms with Crippen molar-refractivity contribution in [1.29, 1.82) is 0 Å². The Hall–Kier alpha value is -1.06. The first kappa shape index (κ1) is 11.1. The first-order valence-corrected chi connectivity index (χ1v) is 6.48. The van der Waals surface area contributed by atoms with Crippen LogP contribution in [-0.4, -0.2) is 37.7 Å². The summed E-state index contributed by atoms with van der Waals surface area (Å²) in [5.41, 5.74) is 1.34. The lowest BCUT2D eigenvalue weighted by Crippen LogP contribution is -2.46. The molecule has 3 nitrogen and oxygen atoms in total. The van der Waals surface area contributed by atoms with Crippen molar-refractivity contribution in [3.05, 3.63) is 29.8 Å². The molecule has 2 aliphatic rings. The molecule has 0 aromatic heterocycles. The van der Waals surface area contributed by atoms with Crippen LogP contribution >= 0.6 is 0 Å².